The summed E-state index contributed by atoms with van der Waals surface area (Å²) in [5, 5.41) is 16.0. The highest BCUT2D eigenvalue weighted by molar-refractivity contribution is 6.03. The first-order valence-electron chi connectivity index (χ1n) is 7.68. The summed E-state index contributed by atoms with van der Waals surface area (Å²) in [6.45, 7) is 3.84. The first kappa shape index (κ1) is 15.7. The van der Waals surface area contributed by atoms with E-state index >= 15 is 0 Å². The van der Waals surface area contributed by atoms with E-state index in [4.69, 9.17) is 0 Å². The highest BCUT2D eigenvalue weighted by atomic mass is 16.3. The molecule has 0 aromatic heterocycles. The molecule has 1 amide bonds. The van der Waals surface area contributed by atoms with Crippen molar-refractivity contribution in [1.29, 1.82) is 0 Å². The molecule has 2 N–H and O–H groups in total. The van der Waals surface area contributed by atoms with E-state index in [1.807, 2.05) is 62.4 Å². The van der Waals surface area contributed by atoms with Gasteiger partial charge in [-0.2, -0.15) is 5.10 Å². The number of nitrogens with zero attached hydrogens (tertiary/aromatic N) is 1. The monoisotopic (exact) mass is 318 g/mol. The molecule has 0 aliphatic rings. The Hall–Kier alpha value is -3.14. The lowest BCUT2D eigenvalue weighted by atomic mass is 10.1. The lowest BCUT2D eigenvalue weighted by molar-refractivity contribution is 0.0952. The third kappa shape index (κ3) is 3.27. The van der Waals surface area contributed by atoms with Crippen LogP contribution in [0.5, 0.6) is 5.75 Å². The maximum absolute atomic E-state index is 12.3. The summed E-state index contributed by atoms with van der Waals surface area (Å²) < 4.78 is 0. The van der Waals surface area contributed by atoms with Crippen LogP contribution in [0.25, 0.3) is 10.8 Å². The second kappa shape index (κ2) is 6.54. The Labute approximate surface area is 140 Å². The van der Waals surface area contributed by atoms with E-state index in [2.05, 4.69) is 10.5 Å². The van der Waals surface area contributed by atoms with Crippen molar-refractivity contribution in [3.63, 3.8) is 0 Å². The lowest BCUT2D eigenvalue weighted by Gasteiger charge is -2.07. The average molecular weight is 318 g/mol. The number of aromatic hydroxyl groups is 1. The van der Waals surface area contributed by atoms with E-state index < -0.39 is 5.91 Å². The molecule has 0 fully saturated rings. The largest absolute Gasteiger partial charge is 0.507 e. The standard InChI is InChI=1S/C20H18N2O2/c1-13-7-9-15(10-8-13)14(2)21-22-20(24)18-11-16-5-3-4-6-17(16)12-19(18)23/h3-12,23H,1-2H3,(H,22,24)/b21-14-. The average Bonchev–Trinajstić information content (AvgIpc) is 2.59. The number of rotatable bonds is 3. The normalized spacial score (nSPS) is 11.5. The van der Waals surface area contributed by atoms with Crippen LogP contribution in [-0.4, -0.2) is 16.7 Å². The lowest BCUT2D eigenvalue weighted by Crippen LogP contribution is -2.19. The molecule has 4 nitrogen and oxygen atoms in total. The SMILES string of the molecule is C/C(=N/NC(=O)c1cc2ccccc2cc1O)c1ccc(C)cc1. The van der Waals surface area contributed by atoms with Crippen molar-refractivity contribution in [2.24, 2.45) is 5.10 Å². The van der Waals surface area contributed by atoms with E-state index in [-0.39, 0.29) is 11.3 Å². The Morgan fingerprint density at radius 2 is 1.62 bits per heavy atom. The molecular weight excluding hydrogens is 300 g/mol. The fourth-order valence-electron chi connectivity index (χ4n) is 2.46. The molecule has 0 aliphatic carbocycles. The molecular formula is C20H18N2O2. The van der Waals surface area contributed by atoms with E-state index in [0.717, 1.165) is 21.9 Å². The number of phenolic OH excluding ortho intramolecular Hbond substituents is 1. The Morgan fingerprint density at radius 3 is 2.29 bits per heavy atom. The quantitative estimate of drug-likeness (QED) is 0.566. The van der Waals surface area contributed by atoms with Gasteiger partial charge in [0.25, 0.3) is 5.91 Å². The maximum atomic E-state index is 12.3. The summed E-state index contributed by atoms with van der Waals surface area (Å²) in [6, 6.07) is 18.7. The fourth-order valence-corrected chi connectivity index (χ4v) is 2.46. The Kier molecular flexibility index (Phi) is 4.29. The number of nitrogens with one attached hydrogen (secondary N) is 1. The molecule has 0 spiro atoms. The van der Waals surface area contributed by atoms with Gasteiger partial charge < -0.3 is 5.11 Å². The molecule has 3 rings (SSSR count). The van der Waals surface area contributed by atoms with Gasteiger partial charge in [-0.05, 0) is 42.3 Å². The van der Waals surface area contributed by atoms with Crippen molar-refractivity contribution in [3.8, 4) is 5.75 Å². The number of hydrogen-bond donors (Lipinski definition) is 2. The van der Waals surface area contributed by atoms with Crippen LogP contribution in [0.2, 0.25) is 0 Å². The van der Waals surface area contributed by atoms with Crippen molar-refractivity contribution in [3.05, 3.63) is 77.4 Å². The van der Waals surface area contributed by atoms with Crippen molar-refractivity contribution >= 4 is 22.4 Å². The van der Waals surface area contributed by atoms with Gasteiger partial charge in [0.2, 0.25) is 0 Å². The van der Waals surface area contributed by atoms with Gasteiger partial charge >= 0.3 is 0 Å². The Morgan fingerprint density at radius 1 is 1.00 bits per heavy atom. The number of fused-ring (bicyclic) bond motifs is 1. The third-order valence-electron chi connectivity index (χ3n) is 3.90. The van der Waals surface area contributed by atoms with Crippen molar-refractivity contribution in [1.82, 2.24) is 5.43 Å². The number of carbonyl (C=O) groups is 1. The third-order valence-corrected chi connectivity index (χ3v) is 3.90. The number of benzene rings is 3. The van der Waals surface area contributed by atoms with Gasteiger partial charge in [-0.3, -0.25) is 4.79 Å². The van der Waals surface area contributed by atoms with Crippen LogP contribution in [0.1, 0.15) is 28.4 Å². The number of amides is 1. The fraction of sp³-hybridized carbons (Fsp3) is 0.100. The summed E-state index contributed by atoms with van der Waals surface area (Å²) in [4.78, 5) is 12.3. The van der Waals surface area contributed by atoms with Gasteiger partial charge in [-0.15, -0.1) is 0 Å². The molecule has 0 bridgehead atoms. The van der Waals surface area contributed by atoms with Crippen molar-refractivity contribution < 1.29 is 9.90 Å². The van der Waals surface area contributed by atoms with Gasteiger partial charge in [-0.25, -0.2) is 5.43 Å². The molecule has 120 valence electrons. The van der Waals surface area contributed by atoms with Crippen molar-refractivity contribution in [2.75, 3.05) is 0 Å². The number of carbonyl (C=O) groups excluding carboxylic acids is 1. The van der Waals surface area contributed by atoms with Crippen LogP contribution in [0.3, 0.4) is 0 Å². The van der Waals surface area contributed by atoms with Crippen LogP contribution in [0.4, 0.5) is 0 Å². The first-order valence-corrected chi connectivity index (χ1v) is 7.68. The van der Waals surface area contributed by atoms with Gasteiger partial charge in [-0.1, -0.05) is 54.1 Å². The molecule has 0 atom stereocenters. The number of hydrazone groups is 1. The molecule has 0 radical (unpaired) electrons. The molecule has 3 aromatic carbocycles. The van der Waals surface area contributed by atoms with Crippen LogP contribution in [-0.2, 0) is 0 Å². The zero-order valence-corrected chi connectivity index (χ0v) is 13.6. The number of phenols is 1. The van der Waals surface area contributed by atoms with E-state index in [0.29, 0.717) is 5.71 Å². The van der Waals surface area contributed by atoms with Crippen molar-refractivity contribution in [2.45, 2.75) is 13.8 Å². The summed E-state index contributed by atoms with van der Waals surface area (Å²) in [6.07, 6.45) is 0. The van der Waals surface area contributed by atoms with Crippen LogP contribution < -0.4 is 5.43 Å². The molecule has 3 aromatic rings. The topological polar surface area (TPSA) is 61.7 Å². The summed E-state index contributed by atoms with van der Waals surface area (Å²) in [5.41, 5.74) is 5.50. The summed E-state index contributed by atoms with van der Waals surface area (Å²) >= 11 is 0. The van der Waals surface area contributed by atoms with E-state index in [1.54, 1.807) is 12.1 Å². The zero-order chi connectivity index (χ0) is 17.1. The minimum atomic E-state index is -0.440. The molecule has 24 heavy (non-hydrogen) atoms. The molecule has 0 aliphatic heterocycles. The van der Waals surface area contributed by atoms with E-state index in [9.17, 15) is 9.90 Å². The Bertz CT molecular complexity index is 928. The molecule has 0 saturated carbocycles. The smallest absolute Gasteiger partial charge is 0.275 e. The minimum absolute atomic E-state index is 0.0608. The minimum Gasteiger partial charge on any atom is -0.507 e. The zero-order valence-electron chi connectivity index (χ0n) is 13.6. The second-order valence-corrected chi connectivity index (χ2v) is 5.72. The maximum Gasteiger partial charge on any atom is 0.275 e. The predicted octanol–water partition coefficient (Wildman–Crippen LogP) is 4.01. The van der Waals surface area contributed by atoms with Gasteiger partial charge in [0, 0.05) is 0 Å². The number of aryl methyl sites for hydroxylation is 1. The van der Waals surface area contributed by atoms with Gasteiger partial charge in [0.05, 0.1) is 11.3 Å². The van der Waals surface area contributed by atoms with E-state index in [1.165, 1.54) is 0 Å². The molecule has 4 heteroatoms. The first-order chi connectivity index (χ1) is 11.5. The predicted molar refractivity (Wildman–Crippen MR) is 96.5 cm³/mol. The number of hydrogen-bond acceptors (Lipinski definition) is 3. The highest BCUT2D eigenvalue weighted by Crippen LogP contribution is 2.24. The van der Waals surface area contributed by atoms with Crippen LogP contribution in [0, 0.1) is 6.92 Å². The summed E-state index contributed by atoms with van der Waals surface area (Å²) in [7, 11) is 0. The second-order valence-electron chi connectivity index (χ2n) is 5.72. The van der Waals surface area contributed by atoms with Gasteiger partial charge in [0.1, 0.15) is 5.75 Å². The molecule has 0 saturated heterocycles. The van der Waals surface area contributed by atoms with Crippen LogP contribution >= 0.6 is 0 Å². The summed E-state index contributed by atoms with van der Waals surface area (Å²) in [5.74, 6) is -0.501. The molecule has 0 heterocycles. The molecule has 0 unspecified atom stereocenters. The van der Waals surface area contributed by atoms with Crippen LogP contribution in [0.15, 0.2) is 65.8 Å². The van der Waals surface area contributed by atoms with Gasteiger partial charge in [0.15, 0.2) is 0 Å². The Balaban J connectivity index is 1.83. The highest BCUT2D eigenvalue weighted by Gasteiger charge is 2.12.